The SMILES string of the molecule is CN(Cc1ccc(C(F)(F)F)cc1)C(=O)[C@H]1O[C@@H](n2cnc3c(N)ncnc32)[C@H](O)[C@@H]1O. The van der Waals surface area contributed by atoms with Gasteiger partial charge in [0.1, 0.15) is 24.1 Å². The van der Waals surface area contributed by atoms with Crippen LogP contribution in [-0.4, -0.2) is 65.9 Å². The van der Waals surface area contributed by atoms with Crippen LogP contribution in [0, 0.1) is 0 Å². The first kappa shape index (κ1) is 21.9. The first-order valence-corrected chi connectivity index (χ1v) is 9.43. The van der Waals surface area contributed by atoms with Gasteiger partial charge in [-0.05, 0) is 17.7 Å². The average molecular weight is 452 g/mol. The monoisotopic (exact) mass is 452 g/mol. The van der Waals surface area contributed by atoms with Crippen LogP contribution in [0.25, 0.3) is 11.2 Å². The minimum Gasteiger partial charge on any atom is -0.387 e. The predicted octanol–water partition coefficient (Wildman–Crippen LogP) is 0.705. The normalized spacial score (nSPS) is 23.6. The Labute approximate surface area is 179 Å². The van der Waals surface area contributed by atoms with Crippen LogP contribution in [0.15, 0.2) is 36.9 Å². The highest BCUT2D eigenvalue weighted by Gasteiger charge is 2.48. The molecule has 4 N–H and O–H groups in total. The Bertz CT molecular complexity index is 1140. The number of hydrogen-bond donors (Lipinski definition) is 3. The van der Waals surface area contributed by atoms with E-state index >= 15 is 0 Å². The number of likely N-dealkylation sites (N-methyl/N-ethyl adjacent to an activating group) is 1. The van der Waals surface area contributed by atoms with Gasteiger partial charge in [0, 0.05) is 13.6 Å². The molecule has 0 radical (unpaired) electrons. The molecule has 1 aliphatic heterocycles. The molecule has 0 aliphatic carbocycles. The number of aliphatic hydroxyl groups is 2. The summed E-state index contributed by atoms with van der Waals surface area (Å²) in [5.41, 5.74) is 5.92. The molecular formula is C19H19F3N6O4. The van der Waals surface area contributed by atoms with Crippen LogP contribution in [0.5, 0.6) is 0 Å². The molecule has 1 aromatic carbocycles. The summed E-state index contributed by atoms with van der Waals surface area (Å²) in [5, 5.41) is 20.9. The number of ether oxygens (including phenoxy) is 1. The molecule has 1 aliphatic rings. The Hall–Kier alpha value is -3.29. The number of carbonyl (C=O) groups excluding carboxylic acids is 1. The lowest BCUT2D eigenvalue weighted by molar-refractivity contribution is -0.147. The molecule has 0 spiro atoms. The minimum absolute atomic E-state index is 0.0257. The van der Waals surface area contributed by atoms with Crippen molar-refractivity contribution >= 4 is 22.9 Å². The van der Waals surface area contributed by atoms with E-state index in [2.05, 4.69) is 15.0 Å². The fraction of sp³-hybridized carbons (Fsp3) is 0.368. The van der Waals surface area contributed by atoms with Gasteiger partial charge in [-0.1, -0.05) is 12.1 Å². The van der Waals surface area contributed by atoms with E-state index in [1.807, 2.05) is 0 Å². The Morgan fingerprint density at radius 2 is 1.88 bits per heavy atom. The molecule has 1 amide bonds. The molecule has 0 unspecified atom stereocenters. The summed E-state index contributed by atoms with van der Waals surface area (Å²) < 4.78 is 45.1. The number of nitrogens with zero attached hydrogens (tertiary/aromatic N) is 5. The maximum atomic E-state index is 12.8. The molecule has 4 atom stereocenters. The number of benzene rings is 1. The predicted molar refractivity (Wildman–Crippen MR) is 104 cm³/mol. The van der Waals surface area contributed by atoms with Gasteiger partial charge >= 0.3 is 6.18 Å². The van der Waals surface area contributed by atoms with Gasteiger partial charge in [0.05, 0.1) is 11.9 Å². The van der Waals surface area contributed by atoms with Crippen molar-refractivity contribution in [1.29, 1.82) is 0 Å². The molecule has 10 nitrogen and oxygen atoms in total. The van der Waals surface area contributed by atoms with Crippen molar-refractivity contribution < 1.29 is 32.9 Å². The van der Waals surface area contributed by atoms with E-state index in [1.54, 1.807) is 0 Å². The third-order valence-corrected chi connectivity index (χ3v) is 5.22. The van der Waals surface area contributed by atoms with E-state index in [9.17, 15) is 28.2 Å². The maximum absolute atomic E-state index is 12.8. The highest BCUT2D eigenvalue weighted by Crippen LogP contribution is 2.33. The number of anilines is 1. The van der Waals surface area contributed by atoms with E-state index in [0.29, 0.717) is 5.56 Å². The first-order chi connectivity index (χ1) is 15.1. The zero-order valence-corrected chi connectivity index (χ0v) is 16.6. The molecule has 0 bridgehead atoms. The second-order valence-corrected chi connectivity index (χ2v) is 7.40. The molecule has 4 rings (SSSR count). The highest BCUT2D eigenvalue weighted by molar-refractivity contribution is 5.82. The van der Waals surface area contributed by atoms with Gasteiger partial charge in [-0.3, -0.25) is 9.36 Å². The molecule has 170 valence electrons. The summed E-state index contributed by atoms with van der Waals surface area (Å²) in [6.45, 7) is -0.0257. The van der Waals surface area contributed by atoms with Gasteiger partial charge in [0.15, 0.2) is 23.8 Å². The number of amides is 1. The van der Waals surface area contributed by atoms with Crippen LogP contribution in [-0.2, 0) is 22.3 Å². The number of rotatable bonds is 4. The molecule has 1 fully saturated rings. The average Bonchev–Trinajstić information content (AvgIpc) is 3.29. The van der Waals surface area contributed by atoms with Gasteiger partial charge in [0.2, 0.25) is 0 Å². The largest absolute Gasteiger partial charge is 0.416 e. The second kappa shape index (κ2) is 8.00. The molecule has 3 heterocycles. The van der Waals surface area contributed by atoms with Gasteiger partial charge in [-0.2, -0.15) is 13.2 Å². The van der Waals surface area contributed by atoms with Crippen molar-refractivity contribution in [3.05, 3.63) is 48.0 Å². The third kappa shape index (κ3) is 3.85. The van der Waals surface area contributed by atoms with Crippen molar-refractivity contribution in [2.24, 2.45) is 0 Å². The van der Waals surface area contributed by atoms with Crippen LogP contribution < -0.4 is 5.73 Å². The molecule has 3 aromatic rings. The van der Waals surface area contributed by atoms with Crippen LogP contribution >= 0.6 is 0 Å². The van der Waals surface area contributed by atoms with E-state index in [4.69, 9.17) is 10.5 Å². The third-order valence-electron chi connectivity index (χ3n) is 5.22. The topological polar surface area (TPSA) is 140 Å². The number of fused-ring (bicyclic) bond motifs is 1. The Morgan fingerprint density at radius 3 is 2.53 bits per heavy atom. The second-order valence-electron chi connectivity index (χ2n) is 7.40. The summed E-state index contributed by atoms with van der Waals surface area (Å²) in [6.07, 6.45) is -7.57. The molecule has 2 aromatic heterocycles. The van der Waals surface area contributed by atoms with E-state index < -0.39 is 42.2 Å². The van der Waals surface area contributed by atoms with E-state index in [0.717, 1.165) is 12.1 Å². The number of hydrogen-bond acceptors (Lipinski definition) is 8. The number of imidazole rings is 1. The number of nitrogens with two attached hydrogens (primary N) is 1. The molecule has 0 saturated carbocycles. The molecule has 13 heteroatoms. The lowest BCUT2D eigenvalue weighted by Gasteiger charge is -2.23. The van der Waals surface area contributed by atoms with Gasteiger partial charge in [-0.25, -0.2) is 15.0 Å². The van der Waals surface area contributed by atoms with Gasteiger partial charge in [-0.15, -0.1) is 0 Å². The van der Waals surface area contributed by atoms with Crippen molar-refractivity contribution in [3.63, 3.8) is 0 Å². The van der Waals surface area contributed by atoms with Gasteiger partial charge < -0.3 is 25.6 Å². The number of nitrogen functional groups attached to an aromatic ring is 1. The summed E-state index contributed by atoms with van der Waals surface area (Å²) in [7, 11) is 1.41. The lowest BCUT2D eigenvalue weighted by atomic mass is 10.1. The number of aromatic nitrogens is 4. The number of aliphatic hydroxyl groups excluding tert-OH is 2. The number of alkyl halides is 3. The van der Waals surface area contributed by atoms with Gasteiger partial charge in [0.25, 0.3) is 5.91 Å². The summed E-state index contributed by atoms with van der Waals surface area (Å²) in [4.78, 5) is 26.0. The van der Waals surface area contributed by atoms with Crippen LogP contribution in [0.1, 0.15) is 17.4 Å². The van der Waals surface area contributed by atoms with E-state index in [1.165, 1.54) is 41.3 Å². The maximum Gasteiger partial charge on any atom is 0.416 e. The number of carbonyl (C=O) groups is 1. The zero-order chi connectivity index (χ0) is 23.2. The minimum atomic E-state index is -4.46. The smallest absolute Gasteiger partial charge is 0.387 e. The number of halogens is 3. The summed E-state index contributed by atoms with van der Waals surface area (Å²) >= 11 is 0. The Balaban J connectivity index is 1.49. The van der Waals surface area contributed by atoms with Crippen LogP contribution in [0.4, 0.5) is 19.0 Å². The first-order valence-electron chi connectivity index (χ1n) is 9.43. The quantitative estimate of drug-likeness (QED) is 0.526. The summed E-state index contributed by atoms with van der Waals surface area (Å²) in [5.74, 6) is -0.539. The molecular weight excluding hydrogens is 433 g/mol. The zero-order valence-electron chi connectivity index (χ0n) is 16.6. The standard InChI is InChI=1S/C19H19F3N6O4/c1-27(6-9-2-4-10(5-3-9)19(20,21)22)17(31)14-12(29)13(30)18(32-14)28-8-26-11-15(23)24-7-25-16(11)28/h2-5,7-8,12-14,18,29-30H,6H2,1H3,(H2,23,24,25)/t12-,13+,14-,18+/m0/s1. The van der Waals surface area contributed by atoms with E-state index in [-0.39, 0.29) is 23.5 Å². The summed E-state index contributed by atoms with van der Waals surface area (Å²) in [6, 6.07) is 4.37. The molecule has 32 heavy (non-hydrogen) atoms. The Morgan fingerprint density at radius 1 is 1.19 bits per heavy atom. The van der Waals surface area contributed by atoms with Crippen molar-refractivity contribution in [2.75, 3.05) is 12.8 Å². The van der Waals surface area contributed by atoms with Crippen molar-refractivity contribution in [3.8, 4) is 0 Å². The van der Waals surface area contributed by atoms with Crippen LogP contribution in [0.3, 0.4) is 0 Å². The lowest BCUT2D eigenvalue weighted by Crippen LogP contribution is -2.43. The fourth-order valence-corrected chi connectivity index (χ4v) is 3.52. The van der Waals surface area contributed by atoms with Crippen LogP contribution in [0.2, 0.25) is 0 Å². The molecule has 1 saturated heterocycles. The van der Waals surface area contributed by atoms with Crippen molar-refractivity contribution in [2.45, 2.75) is 37.3 Å². The highest BCUT2D eigenvalue weighted by atomic mass is 19.4. The van der Waals surface area contributed by atoms with Crippen molar-refractivity contribution in [1.82, 2.24) is 24.4 Å². The fourth-order valence-electron chi connectivity index (χ4n) is 3.52. The Kier molecular flexibility index (Phi) is 5.48.